The molecule has 0 saturated heterocycles. The molecule has 2 amide bonds. The fraction of sp³-hybridized carbons (Fsp3) is 0.258. The van der Waals surface area contributed by atoms with Gasteiger partial charge in [0.2, 0.25) is 11.8 Å². The van der Waals surface area contributed by atoms with Crippen LogP contribution in [0.2, 0.25) is 5.02 Å². The molecule has 0 bridgehead atoms. The number of thioether (sulfide) groups is 1. The summed E-state index contributed by atoms with van der Waals surface area (Å²) in [6, 6.07) is 25.7. The van der Waals surface area contributed by atoms with E-state index < -0.39 is 0 Å². The topological polar surface area (TPSA) is 67.2 Å². The lowest BCUT2D eigenvalue weighted by Gasteiger charge is -2.23. The molecule has 3 aromatic carbocycles. The molecule has 0 radical (unpaired) electrons. The van der Waals surface area contributed by atoms with Crippen molar-refractivity contribution in [3.05, 3.63) is 101 Å². The molecule has 0 spiro atoms. The molecule has 1 aliphatic heterocycles. The second kappa shape index (κ2) is 11.7. The van der Waals surface area contributed by atoms with Crippen molar-refractivity contribution in [3.8, 4) is 16.9 Å². The molecule has 39 heavy (non-hydrogen) atoms. The Morgan fingerprint density at radius 3 is 2.44 bits per heavy atom. The maximum atomic E-state index is 13.7. The number of anilines is 1. The molecule has 1 atom stereocenters. The quantitative estimate of drug-likeness (QED) is 0.283. The number of hydrogen-bond acceptors (Lipinski definition) is 4. The molecule has 2 heterocycles. The summed E-state index contributed by atoms with van der Waals surface area (Å²) in [6.45, 7) is 6.55. The van der Waals surface area contributed by atoms with E-state index in [4.69, 9.17) is 16.7 Å². The molecule has 1 aromatic heterocycles. The summed E-state index contributed by atoms with van der Waals surface area (Å²) in [7, 11) is 0. The van der Waals surface area contributed by atoms with Crippen molar-refractivity contribution in [2.45, 2.75) is 26.0 Å². The van der Waals surface area contributed by atoms with Gasteiger partial charge in [-0.1, -0.05) is 91.7 Å². The Kier molecular flexibility index (Phi) is 8.10. The Balaban J connectivity index is 1.77. The van der Waals surface area contributed by atoms with Crippen LogP contribution < -0.4 is 10.2 Å². The second-order valence-electron chi connectivity index (χ2n) is 10.1. The van der Waals surface area contributed by atoms with Crippen LogP contribution in [0.15, 0.2) is 78.9 Å². The van der Waals surface area contributed by atoms with Gasteiger partial charge in [-0.2, -0.15) is 5.10 Å². The predicted octanol–water partition coefficient (Wildman–Crippen LogP) is 6.44. The van der Waals surface area contributed by atoms with Gasteiger partial charge >= 0.3 is 0 Å². The first-order chi connectivity index (χ1) is 18.8. The minimum atomic E-state index is -0.268. The van der Waals surface area contributed by atoms with E-state index in [1.807, 2.05) is 99.6 Å². The van der Waals surface area contributed by atoms with Crippen LogP contribution in [0, 0.1) is 12.8 Å². The van der Waals surface area contributed by atoms with Crippen LogP contribution in [0.25, 0.3) is 16.9 Å². The van der Waals surface area contributed by atoms with Crippen LogP contribution in [0.1, 0.15) is 35.8 Å². The average molecular weight is 559 g/mol. The molecule has 1 unspecified atom stereocenters. The number of hydrogen-bond donors (Lipinski definition) is 1. The van der Waals surface area contributed by atoms with Gasteiger partial charge in [0.1, 0.15) is 12.4 Å². The predicted molar refractivity (Wildman–Crippen MR) is 160 cm³/mol. The summed E-state index contributed by atoms with van der Waals surface area (Å²) in [4.78, 5) is 28.4. The van der Waals surface area contributed by atoms with Crippen molar-refractivity contribution in [1.29, 1.82) is 0 Å². The van der Waals surface area contributed by atoms with Crippen LogP contribution in [0.5, 0.6) is 0 Å². The molecule has 0 saturated carbocycles. The SMILES string of the molecule is Cc1ccc(-n2nc(-c3ccccc3)c3c2N(CC(=O)NCC(C)C)C(=O)CSC3c2ccccc2Cl)cc1. The second-order valence-corrected chi connectivity index (χ2v) is 11.6. The highest BCUT2D eigenvalue weighted by Gasteiger charge is 2.38. The van der Waals surface area contributed by atoms with Crippen LogP contribution in [0.4, 0.5) is 5.82 Å². The molecular formula is C31H31ClN4O2S. The maximum absolute atomic E-state index is 13.7. The largest absolute Gasteiger partial charge is 0.354 e. The van der Waals surface area contributed by atoms with Crippen molar-refractivity contribution in [3.63, 3.8) is 0 Å². The summed E-state index contributed by atoms with van der Waals surface area (Å²) in [5.74, 6) is 0.736. The first kappa shape index (κ1) is 27.0. The number of fused-ring (bicyclic) bond motifs is 1. The number of carbonyl (C=O) groups is 2. The Hall–Kier alpha value is -3.55. The van der Waals surface area contributed by atoms with Gasteiger partial charge in [0.15, 0.2) is 0 Å². The molecule has 1 N–H and O–H groups in total. The Morgan fingerprint density at radius 1 is 1.05 bits per heavy atom. The fourth-order valence-electron chi connectivity index (χ4n) is 4.65. The van der Waals surface area contributed by atoms with E-state index in [-0.39, 0.29) is 29.4 Å². The van der Waals surface area contributed by atoms with Gasteiger partial charge in [0.25, 0.3) is 0 Å². The summed E-state index contributed by atoms with van der Waals surface area (Å²) >= 11 is 8.25. The van der Waals surface area contributed by atoms with Crippen molar-refractivity contribution < 1.29 is 9.59 Å². The minimum absolute atomic E-state index is 0.0971. The molecular weight excluding hydrogens is 528 g/mol. The van der Waals surface area contributed by atoms with Crippen molar-refractivity contribution in [2.24, 2.45) is 5.92 Å². The molecule has 4 aromatic rings. The van der Waals surface area contributed by atoms with E-state index >= 15 is 0 Å². The number of amides is 2. The standard InChI is InChI=1S/C31H31ClN4O2S/c1-20(2)17-33-26(37)18-35-27(38)19-39-30(24-11-7-8-12-25(24)32)28-29(22-9-5-4-6-10-22)34-36(31(28)35)23-15-13-21(3)14-16-23/h4-16,20,30H,17-19H2,1-3H3,(H,33,37). The molecule has 1 aliphatic rings. The third-order valence-electron chi connectivity index (χ3n) is 6.61. The number of nitrogens with one attached hydrogen (secondary N) is 1. The van der Waals surface area contributed by atoms with E-state index in [0.29, 0.717) is 23.3 Å². The van der Waals surface area contributed by atoms with Crippen molar-refractivity contribution >= 4 is 41.0 Å². The molecule has 0 fully saturated rings. The van der Waals surface area contributed by atoms with E-state index in [0.717, 1.165) is 33.6 Å². The molecule has 8 heteroatoms. The summed E-state index contributed by atoms with van der Waals surface area (Å²) < 4.78 is 1.81. The van der Waals surface area contributed by atoms with Crippen molar-refractivity contribution in [1.82, 2.24) is 15.1 Å². The zero-order valence-corrected chi connectivity index (χ0v) is 23.8. The first-order valence-corrected chi connectivity index (χ1v) is 14.4. The Labute approximate surface area is 238 Å². The average Bonchev–Trinajstić information content (AvgIpc) is 3.26. The highest BCUT2D eigenvalue weighted by atomic mass is 35.5. The highest BCUT2D eigenvalue weighted by molar-refractivity contribution is 8.00. The maximum Gasteiger partial charge on any atom is 0.240 e. The summed E-state index contributed by atoms with van der Waals surface area (Å²) in [5, 5.41) is 8.43. The summed E-state index contributed by atoms with van der Waals surface area (Å²) in [5.41, 5.74) is 5.38. The number of halogens is 1. The van der Waals surface area contributed by atoms with Gasteiger partial charge in [-0.3, -0.25) is 14.5 Å². The van der Waals surface area contributed by atoms with E-state index in [2.05, 4.69) is 5.32 Å². The lowest BCUT2D eigenvalue weighted by Crippen LogP contribution is -2.43. The van der Waals surface area contributed by atoms with E-state index in [1.54, 1.807) is 9.58 Å². The Morgan fingerprint density at radius 2 is 1.74 bits per heavy atom. The van der Waals surface area contributed by atoms with Gasteiger partial charge in [0, 0.05) is 22.7 Å². The number of aromatic nitrogens is 2. The zero-order chi connectivity index (χ0) is 27.5. The third kappa shape index (κ3) is 5.75. The lowest BCUT2D eigenvalue weighted by atomic mass is 9.99. The molecule has 200 valence electrons. The number of benzene rings is 3. The van der Waals surface area contributed by atoms with E-state index in [9.17, 15) is 9.59 Å². The monoisotopic (exact) mass is 558 g/mol. The highest BCUT2D eigenvalue weighted by Crippen LogP contribution is 2.49. The van der Waals surface area contributed by atoms with Crippen LogP contribution in [-0.4, -0.2) is 40.4 Å². The smallest absolute Gasteiger partial charge is 0.240 e. The van der Waals surface area contributed by atoms with Gasteiger partial charge < -0.3 is 5.32 Å². The number of nitrogens with zero attached hydrogens (tertiary/aromatic N) is 3. The lowest BCUT2D eigenvalue weighted by molar-refractivity contribution is -0.123. The Bertz CT molecular complexity index is 1480. The zero-order valence-electron chi connectivity index (χ0n) is 22.2. The van der Waals surface area contributed by atoms with E-state index in [1.165, 1.54) is 11.8 Å². The van der Waals surface area contributed by atoms with Crippen LogP contribution in [-0.2, 0) is 9.59 Å². The molecule has 5 rings (SSSR count). The van der Waals surface area contributed by atoms with Gasteiger partial charge in [-0.15, -0.1) is 11.8 Å². The van der Waals surface area contributed by atoms with Gasteiger partial charge in [-0.25, -0.2) is 4.68 Å². The molecule has 6 nitrogen and oxygen atoms in total. The number of aryl methyl sites for hydroxylation is 1. The van der Waals surface area contributed by atoms with Crippen LogP contribution in [0.3, 0.4) is 0 Å². The van der Waals surface area contributed by atoms with Gasteiger partial charge in [0.05, 0.1) is 22.4 Å². The number of carbonyl (C=O) groups excluding carboxylic acids is 2. The normalized spacial score (nSPS) is 15.3. The third-order valence-corrected chi connectivity index (χ3v) is 8.19. The minimum Gasteiger partial charge on any atom is -0.354 e. The first-order valence-electron chi connectivity index (χ1n) is 13.0. The van der Waals surface area contributed by atoms with Crippen LogP contribution >= 0.6 is 23.4 Å². The van der Waals surface area contributed by atoms with Crippen molar-refractivity contribution in [2.75, 3.05) is 23.7 Å². The molecule has 0 aliphatic carbocycles. The fourth-order valence-corrected chi connectivity index (χ4v) is 6.19. The number of rotatable bonds is 7. The van der Waals surface area contributed by atoms with Gasteiger partial charge in [-0.05, 0) is 36.6 Å². The summed E-state index contributed by atoms with van der Waals surface area (Å²) in [6.07, 6.45) is 0.